The first-order valence-electron chi connectivity index (χ1n) is 2.98. The summed E-state index contributed by atoms with van der Waals surface area (Å²) in [5.74, 6) is 0. The van der Waals surface area contributed by atoms with Gasteiger partial charge in [0.25, 0.3) is 0 Å². The van der Waals surface area contributed by atoms with Crippen molar-refractivity contribution in [1.29, 1.82) is 5.26 Å². The van der Waals surface area contributed by atoms with Gasteiger partial charge >= 0.3 is 0 Å². The number of aromatic nitrogens is 1. The second kappa shape index (κ2) is 5.05. The van der Waals surface area contributed by atoms with Gasteiger partial charge in [-0.3, -0.25) is 0 Å². The van der Waals surface area contributed by atoms with E-state index < -0.39 is 0 Å². The number of thiocyanates is 1. The van der Waals surface area contributed by atoms with Gasteiger partial charge in [-0.2, -0.15) is 5.26 Å². The topological polar surface area (TPSA) is 36.7 Å². The van der Waals surface area contributed by atoms with Crippen LogP contribution in [0.1, 0.15) is 0 Å². The number of nitriles is 1. The summed E-state index contributed by atoms with van der Waals surface area (Å²) in [7, 11) is 0. The van der Waals surface area contributed by atoms with Crippen LogP contribution in [-0.4, -0.2) is 10.1 Å². The molecule has 1 heterocycles. The molecule has 0 unspecified atom stereocenters. The SMILES string of the molecule is N#CSCSc1ccccn1. The number of rotatable bonds is 3. The van der Waals surface area contributed by atoms with E-state index in [2.05, 4.69) is 4.98 Å². The van der Waals surface area contributed by atoms with Crippen LogP contribution in [0, 0.1) is 10.7 Å². The summed E-state index contributed by atoms with van der Waals surface area (Å²) in [5.41, 5.74) is 0. The fraction of sp³-hybridized carbons (Fsp3) is 0.143. The molecule has 0 atom stereocenters. The van der Waals surface area contributed by atoms with Crippen LogP contribution < -0.4 is 0 Å². The Labute approximate surface area is 74.0 Å². The van der Waals surface area contributed by atoms with Crippen LogP contribution in [0.5, 0.6) is 0 Å². The summed E-state index contributed by atoms with van der Waals surface area (Å²) in [6.07, 6.45) is 1.75. The minimum absolute atomic E-state index is 0.744. The molecule has 0 fully saturated rings. The lowest BCUT2D eigenvalue weighted by molar-refractivity contribution is 1.14. The molecule has 0 aliphatic carbocycles. The first-order valence-corrected chi connectivity index (χ1v) is 4.95. The van der Waals surface area contributed by atoms with Crippen molar-refractivity contribution in [3.05, 3.63) is 24.4 Å². The van der Waals surface area contributed by atoms with E-state index in [4.69, 9.17) is 5.26 Å². The lowest BCUT2D eigenvalue weighted by Crippen LogP contribution is -1.76. The number of pyridine rings is 1. The maximum absolute atomic E-state index is 8.22. The van der Waals surface area contributed by atoms with Crippen molar-refractivity contribution in [3.8, 4) is 5.40 Å². The van der Waals surface area contributed by atoms with Gasteiger partial charge in [-0.25, -0.2) is 4.98 Å². The van der Waals surface area contributed by atoms with E-state index in [1.165, 1.54) is 11.8 Å². The van der Waals surface area contributed by atoms with Crippen molar-refractivity contribution >= 4 is 23.5 Å². The minimum Gasteiger partial charge on any atom is -0.250 e. The minimum atomic E-state index is 0.744. The van der Waals surface area contributed by atoms with Gasteiger partial charge in [0, 0.05) is 6.20 Å². The number of thioether (sulfide) groups is 2. The van der Waals surface area contributed by atoms with E-state index >= 15 is 0 Å². The summed E-state index contributed by atoms with van der Waals surface area (Å²) in [6.45, 7) is 0. The smallest absolute Gasteiger partial charge is 0.134 e. The number of hydrogen-bond donors (Lipinski definition) is 0. The monoisotopic (exact) mass is 182 g/mol. The maximum atomic E-state index is 8.22. The predicted molar refractivity (Wildman–Crippen MR) is 48.2 cm³/mol. The van der Waals surface area contributed by atoms with Gasteiger partial charge < -0.3 is 0 Å². The average molecular weight is 182 g/mol. The third-order valence-electron chi connectivity index (χ3n) is 0.968. The van der Waals surface area contributed by atoms with E-state index in [1.807, 2.05) is 23.6 Å². The molecule has 0 radical (unpaired) electrons. The number of nitrogens with zero attached hydrogens (tertiary/aromatic N) is 2. The fourth-order valence-corrected chi connectivity index (χ4v) is 1.79. The van der Waals surface area contributed by atoms with E-state index in [0.29, 0.717) is 0 Å². The lowest BCUT2D eigenvalue weighted by atomic mass is 10.5. The Morgan fingerprint density at radius 1 is 1.55 bits per heavy atom. The van der Waals surface area contributed by atoms with Crippen LogP contribution >= 0.6 is 23.5 Å². The Hall–Kier alpha value is -0.660. The van der Waals surface area contributed by atoms with Crippen LogP contribution in [0.2, 0.25) is 0 Å². The molecule has 0 aromatic carbocycles. The Bertz CT molecular complexity index is 242. The van der Waals surface area contributed by atoms with Crippen molar-refractivity contribution in [2.24, 2.45) is 0 Å². The molecule has 0 saturated heterocycles. The van der Waals surface area contributed by atoms with Crippen molar-refractivity contribution in [1.82, 2.24) is 4.98 Å². The molecular formula is C7H6N2S2. The van der Waals surface area contributed by atoms with Crippen molar-refractivity contribution in [2.75, 3.05) is 5.08 Å². The Kier molecular flexibility index (Phi) is 3.87. The predicted octanol–water partition coefficient (Wildman–Crippen LogP) is 2.35. The largest absolute Gasteiger partial charge is 0.250 e. The molecule has 1 aromatic rings. The Morgan fingerprint density at radius 3 is 3.09 bits per heavy atom. The molecule has 2 nitrogen and oxygen atoms in total. The van der Waals surface area contributed by atoms with Gasteiger partial charge in [-0.1, -0.05) is 17.8 Å². The van der Waals surface area contributed by atoms with Gasteiger partial charge in [-0.05, 0) is 23.9 Å². The van der Waals surface area contributed by atoms with E-state index in [0.717, 1.165) is 10.1 Å². The molecule has 4 heteroatoms. The zero-order valence-corrected chi connectivity index (χ0v) is 7.36. The number of hydrogen-bond acceptors (Lipinski definition) is 4. The Balaban J connectivity index is 2.35. The van der Waals surface area contributed by atoms with Gasteiger partial charge in [0.2, 0.25) is 0 Å². The van der Waals surface area contributed by atoms with Crippen molar-refractivity contribution in [2.45, 2.75) is 5.03 Å². The fourth-order valence-electron chi connectivity index (χ4n) is 0.549. The highest BCUT2D eigenvalue weighted by atomic mass is 32.2. The summed E-state index contributed by atoms with van der Waals surface area (Å²) in [5, 5.41) is 11.9. The molecule has 0 bridgehead atoms. The standard InChI is InChI=1S/C7H6N2S2/c8-5-10-6-11-7-3-1-2-4-9-7/h1-4H,6H2. The van der Waals surface area contributed by atoms with Gasteiger partial charge in [0.05, 0.1) is 10.1 Å². The molecule has 0 aliphatic rings. The molecule has 1 aromatic heterocycles. The highest BCUT2D eigenvalue weighted by Crippen LogP contribution is 2.18. The van der Waals surface area contributed by atoms with Gasteiger partial charge in [-0.15, -0.1) is 0 Å². The average Bonchev–Trinajstić information content (AvgIpc) is 2.07. The third kappa shape index (κ3) is 3.30. The Morgan fingerprint density at radius 2 is 2.45 bits per heavy atom. The van der Waals surface area contributed by atoms with E-state index in [9.17, 15) is 0 Å². The molecule has 1 rings (SSSR count). The zero-order chi connectivity index (χ0) is 7.94. The third-order valence-corrected chi connectivity index (χ3v) is 2.58. The molecule has 11 heavy (non-hydrogen) atoms. The highest BCUT2D eigenvalue weighted by molar-refractivity contribution is 8.18. The summed E-state index contributed by atoms with van der Waals surface area (Å²) < 4.78 is 0. The molecule has 0 spiro atoms. The van der Waals surface area contributed by atoms with Crippen molar-refractivity contribution in [3.63, 3.8) is 0 Å². The molecular weight excluding hydrogens is 176 g/mol. The first-order chi connectivity index (χ1) is 5.43. The van der Waals surface area contributed by atoms with Crippen LogP contribution in [0.25, 0.3) is 0 Å². The van der Waals surface area contributed by atoms with E-state index in [1.54, 1.807) is 18.0 Å². The molecule has 0 N–H and O–H groups in total. The lowest BCUT2D eigenvalue weighted by Gasteiger charge is -1.93. The zero-order valence-electron chi connectivity index (χ0n) is 5.73. The highest BCUT2D eigenvalue weighted by Gasteiger charge is 1.91. The summed E-state index contributed by atoms with van der Waals surface area (Å²) in [4.78, 5) is 4.09. The normalized spacial score (nSPS) is 9.00. The quantitative estimate of drug-likeness (QED) is 0.311. The molecule has 0 saturated carbocycles. The van der Waals surface area contributed by atoms with Crippen molar-refractivity contribution < 1.29 is 0 Å². The molecule has 0 aliphatic heterocycles. The molecule has 56 valence electrons. The van der Waals surface area contributed by atoms with Gasteiger partial charge in [0.1, 0.15) is 5.40 Å². The van der Waals surface area contributed by atoms with Crippen LogP contribution in [0.3, 0.4) is 0 Å². The van der Waals surface area contributed by atoms with Crippen LogP contribution in [0.4, 0.5) is 0 Å². The maximum Gasteiger partial charge on any atom is 0.134 e. The van der Waals surface area contributed by atoms with Gasteiger partial charge in [0.15, 0.2) is 0 Å². The summed E-state index contributed by atoms with van der Waals surface area (Å²) >= 11 is 2.81. The molecule has 0 amide bonds. The second-order valence-electron chi connectivity index (χ2n) is 1.67. The second-order valence-corrected chi connectivity index (χ2v) is 3.79. The summed E-state index contributed by atoms with van der Waals surface area (Å²) in [6, 6.07) is 5.75. The van der Waals surface area contributed by atoms with Crippen LogP contribution in [-0.2, 0) is 0 Å². The van der Waals surface area contributed by atoms with E-state index in [-0.39, 0.29) is 0 Å². The first kappa shape index (κ1) is 8.44. The van der Waals surface area contributed by atoms with Crippen LogP contribution in [0.15, 0.2) is 29.4 Å².